The minimum atomic E-state index is -0.978. The summed E-state index contributed by atoms with van der Waals surface area (Å²) in [6, 6.07) is 6.15. The minimum Gasteiger partial charge on any atom is -0.493 e. The molecule has 6 heteroatoms. The molecule has 2 rings (SSSR count). The smallest absolute Gasteiger partial charge is 0.326 e. The Morgan fingerprint density at radius 1 is 1.38 bits per heavy atom. The van der Waals surface area contributed by atoms with Gasteiger partial charge in [-0.2, -0.15) is 0 Å². The predicted octanol–water partition coefficient (Wildman–Crippen LogP) is 2.57. The summed E-state index contributed by atoms with van der Waals surface area (Å²) in [5.41, 5.74) is 0. The summed E-state index contributed by atoms with van der Waals surface area (Å²) in [6.45, 7) is 1.76. The first-order chi connectivity index (χ1) is 9.99. The van der Waals surface area contributed by atoms with E-state index in [1.807, 2.05) is 0 Å². The van der Waals surface area contributed by atoms with E-state index in [2.05, 4.69) is 0 Å². The van der Waals surface area contributed by atoms with Gasteiger partial charge in [-0.1, -0.05) is 11.6 Å². The van der Waals surface area contributed by atoms with Crippen LogP contribution in [-0.2, 0) is 9.59 Å². The molecule has 1 amide bonds. The van der Waals surface area contributed by atoms with Gasteiger partial charge in [0.2, 0.25) is 5.91 Å². The molecule has 1 aliphatic rings. The molecule has 1 aromatic rings. The van der Waals surface area contributed by atoms with Crippen molar-refractivity contribution in [2.75, 3.05) is 6.61 Å². The summed E-state index contributed by atoms with van der Waals surface area (Å²) in [5.74, 6) is -0.522. The van der Waals surface area contributed by atoms with Gasteiger partial charge >= 0.3 is 5.97 Å². The predicted molar refractivity (Wildman–Crippen MR) is 78.5 cm³/mol. The van der Waals surface area contributed by atoms with Crippen LogP contribution in [0, 0.1) is 0 Å². The van der Waals surface area contributed by atoms with Crippen LogP contribution in [0.5, 0.6) is 5.75 Å². The lowest BCUT2D eigenvalue weighted by Crippen LogP contribution is -2.45. The number of amides is 1. The first-order valence-corrected chi connectivity index (χ1v) is 7.29. The fraction of sp³-hybridized carbons (Fsp3) is 0.467. The quantitative estimate of drug-likeness (QED) is 0.840. The molecular formula is C15H18ClNO4. The van der Waals surface area contributed by atoms with E-state index < -0.39 is 12.0 Å². The molecule has 1 saturated carbocycles. The van der Waals surface area contributed by atoms with E-state index in [-0.39, 0.29) is 25.0 Å². The van der Waals surface area contributed by atoms with Crippen molar-refractivity contribution in [1.82, 2.24) is 4.90 Å². The van der Waals surface area contributed by atoms with E-state index in [9.17, 15) is 9.59 Å². The molecule has 1 unspecified atom stereocenters. The van der Waals surface area contributed by atoms with Crippen molar-refractivity contribution in [3.05, 3.63) is 29.3 Å². The van der Waals surface area contributed by atoms with E-state index in [4.69, 9.17) is 21.4 Å². The monoisotopic (exact) mass is 311 g/mol. The fourth-order valence-corrected chi connectivity index (χ4v) is 2.25. The van der Waals surface area contributed by atoms with E-state index in [0.29, 0.717) is 10.8 Å². The van der Waals surface area contributed by atoms with Gasteiger partial charge in [0.15, 0.2) is 0 Å². The molecule has 1 N–H and O–H groups in total. The molecule has 1 fully saturated rings. The van der Waals surface area contributed by atoms with E-state index in [0.717, 1.165) is 12.8 Å². The Balaban J connectivity index is 1.85. The van der Waals surface area contributed by atoms with Gasteiger partial charge < -0.3 is 14.7 Å². The Morgan fingerprint density at radius 2 is 2.00 bits per heavy atom. The number of ether oxygens (including phenoxy) is 1. The number of carbonyl (C=O) groups excluding carboxylic acids is 1. The molecule has 0 aromatic heterocycles. The SMILES string of the molecule is CC(C(=O)O)N(C(=O)CCOc1ccc(Cl)cc1)C1CC1. The molecule has 114 valence electrons. The minimum absolute atomic E-state index is 0.0686. The van der Waals surface area contributed by atoms with Crippen molar-refractivity contribution in [3.63, 3.8) is 0 Å². The second-order valence-electron chi connectivity index (χ2n) is 5.10. The van der Waals surface area contributed by atoms with Gasteiger partial charge in [0.05, 0.1) is 13.0 Å². The van der Waals surface area contributed by atoms with Crippen molar-refractivity contribution in [2.24, 2.45) is 0 Å². The largest absolute Gasteiger partial charge is 0.493 e. The lowest BCUT2D eigenvalue weighted by atomic mass is 10.2. The van der Waals surface area contributed by atoms with Gasteiger partial charge in [-0.3, -0.25) is 4.79 Å². The Labute approximate surface area is 128 Å². The molecule has 0 radical (unpaired) electrons. The summed E-state index contributed by atoms with van der Waals surface area (Å²) in [5, 5.41) is 9.69. The molecule has 0 heterocycles. The van der Waals surface area contributed by atoms with E-state index in [1.54, 1.807) is 31.2 Å². The third kappa shape index (κ3) is 4.36. The van der Waals surface area contributed by atoms with Gasteiger partial charge in [0.1, 0.15) is 11.8 Å². The Hall–Kier alpha value is -1.75. The molecule has 0 aliphatic heterocycles. The molecule has 0 bridgehead atoms. The summed E-state index contributed by atoms with van der Waals surface area (Å²) in [4.78, 5) is 24.7. The van der Waals surface area contributed by atoms with Crippen molar-refractivity contribution >= 4 is 23.5 Å². The molecule has 0 spiro atoms. The number of carboxylic acid groups (broad SMARTS) is 1. The molecule has 0 saturated heterocycles. The number of rotatable bonds is 7. The van der Waals surface area contributed by atoms with Gasteiger partial charge in [-0.05, 0) is 44.0 Å². The normalized spacial score (nSPS) is 15.3. The number of carbonyl (C=O) groups is 2. The summed E-state index contributed by atoms with van der Waals surface area (Å²) >= 11 is 5.77. The highest BCUT2D eigenvalue weighted by Gasteiger charge is 2.37. The zero-order valence-corrected chi connectivity index (χ0v) is 12.5. The maximum absolute atomic E-state index is 12.2. The van der Waals surface area contributed by atoms with Crippen LogP contribution in [0.15, 0.2) is 24.3 Å². The standard InChI is InChI=1S/C15H18ClNO4/c1-10(15(19)20)17(12-4-5-12)14(18)8-9-21-13-6-2-11(16)3-7-13/h2-3,6-7,10,12H,4-5,8-9H2,1H3,(H,19,20). The maximum Gasteiger partial charge on any atom is 0.326 e. The summed E-state index contributed by atoms with van der Waals surface area (Å²) < 4.78 is 5.47. The average Bonchev–Trinajstić information content (AvgIpc) is 3.25. The van der Waals surface area contributed by atoms with Crippen LogP contribution < -0.4 is 4.74 Å². The molecular weight excluding hydrogens is 294 g/mol. The zero-order chi connectivity index (χ0) is 15.4. The molecule has 1 atom stereocenters. The number of hydrogen-bond donors (Lipinski definition) is 1. The van der Waals surface area contributed by atoms with Crippen molar-refractivity contribution < 1.29 is 19.4 Å². The lowest BCUT2D eigenvalue weighted by Gasteiger charge is -2.26. The van der Waals surface area contributed by atoms with Crippen molar-refractivity contribution in [3.8, 4) is 5.75 Å². The number of nitrogens with zero attached hydrogens (tertiary/aromatic N) is 1. The van der Waals surface area contributed by atoms with Crippen molar-refractivity contribution in [1.29, 1.82) is 0 Å². The van der Waals surface area contributed by atoms with Gasteiger partial charge in [-0.25, -0.2) is 4.79 Å². The highest BCUT2D eigenvalue weighted by molar-refractivity contribution is 6.30. The van der Waals surface area contributed by atoms with E-state index >= 15 is 0 Å². The lowest BCUT2D eigenvalue weighted by molar-refractivity contribution is -0.150. The van der Waals surface area contributed by atoms with Crippen LogP contribution in [0.4, 0.5) is 0 Å². The fourth-order valence-electron chi connectivity index (χ4n) is 2.12. The number of aliphatic carboxylic acids is 1. The van der Waals surface area contributed by atoms with Crippen LogP contribution in [0.3, 0.4) is 0 Å². The van der Waals surface area contributed by atoms with Crippen LogP contribution in [0.2, 0.25) is 5.02 Å². The van der Waals surface area contributed by atoms with E-state index in [1.165, 1.54) is 4.90 Å². The summed E-state index contributed by atoms with van der Waals surface area (Å²) in [6.07, 6.45) is 1.92. The molecule has 1 aliphatic carbocycles. The summed E-state index contributed by atoms with van der Waals surface area (Å²) in [7, 11) is 0. The molecule has 1 aromatic carbocycles. The second-order valence-corrected chi connectivity index (χ2v) is 5.54. The zero-order valence-electron chi connectivity index (χ0n) is 11.8. The van der Waals surface area contributed by atoms with Gasteiger partial charge in [0.25, 0.3) is 0 Å². The highest BCUT2D eigenvalue weighted by Crippen LogP contribution is 2.29. The topological polar surface area (TPSA) is 66.8 Å². The first kappa shape index (κ1) is 15.6. The van der Waals surface area contributed by atoms with Crippen LogP contribution >= 0.6 is 11.6 Å². The van der Waals surface area contributed by atoms with Crippen LogP contribution in [-0.4, -0.2) is 40.6 Å². The number of halogens is 1. The number of carboxylic acids is 1. The van der Waals surface area contributed by atoms with Crippen LogP contribution in [0.1, 0.15) is 26.2 Å². The maximum atomic E-state index is 12.2. The van der Waals surface area contributed by atoms with Gasteiger partial charge in [0, 0.05) is 11.1 Å². The third-order valence-corrected chi connectivity index (χ3v) is 3.65. The highest BCUT2D eigenvalue weighted by atomic mass is 35.5. The van der Waals surface area contributed by atoms with Crippen molar-refractivity contribution in [2.45, 2.75) is 38.3 Å². The first-order valence-electron chi connectivity index (χ1n) is 6.91. The van der Waals surface area contributed by atoms with Crippen LogP contribution in [0.25, 0.3) is 0 Å². The number of hydrogen-bond acceptors (Lipinski definition) is 3. The Morgan fingerprint density at radius 3 is 2.52 bits per heavy atom. The number of benzene rings is 1. The Bertz CT molecular complexity index is 513. The van der Waals surface area contributed by atoms with Gasteiger partial charge in [-0.15, -0.1) is 0 Å². The average molecular weight is 312 g/mol. The Kier molecular flexibility index (Phi) is 5.07. The third-order valence-electron chi connectivity index (χ3n) is 3.40. The molecule has 21 heavy (non-hydrogen) atoms. The molecule has 5 nitrogen and oxygen atoms in total. The second kappa shape index (κ2) is 6.80.